The molecule has 0 spiro atoms. The van der Waals surface area contributed by atoms with Crippen LogP contribution in [-0.4, -0.2) is 104 Å². The third-order valence-corrected chi connectivity index (χ3v) is 5.89. The summed E-state index contributed by atoms with van der Waals surface area (Å²) >= 11 is 0. The fraction of sp³-hybridized carbons (Fsp3) is 1.00. The minimum atomic E-state index is 0.594. The third-order valence-electron chi connectivity index (χ3n) is 5.89. The van der Waals surface area contributed by atoms with E-state index in [-0.39, 0.29) is 0 Å². The smallest absolute Gasteiger partial charge is 0.0701 e. The molecule has 1 aliphatic heterocycles. The first kappa shape index (κ1) is 25.0. The number of rotatable bonds is 18. The maximum Gasteiger partial charge on any atom is 0.0701 e. The van der Waals surface area contributed by atoms with Crippen LogP contribution in [0.3, 0.4) is 0 Å². The van der Waals surface area contributed by atoms with E-state index in [1.165, 1.54) is 45.3 Å². The van der Waals surface area contributed by atoms with Crippen LogP contribution in [0.5, 0.6) is 0 Å². The van der Waals surface area contributed by atoms with Crippen molar-refractivity contribution < 1.29 is 23.7 Å². The Kier molecular flexibility index (Phi) is 14.1. The molecule has 0 aromatic rings. The Bertz CT molecular complexity index is 376. The molecule has 2 rings (SSSR count). The van der Waals surface area contributed by atoms with Gasteiger partial charge in [-0.15, -0.1) is 0 Å². The minimum Gasteiger partial charge on any atom is -0.382 e. The molecule has 0 atom stereocenters. The fourth-order valence-corrected chi connectivity index (χ4v) is 4.06. The Morgan fingerprint density at radius 1 is 0.759 bits per heavy atom. The van der Waals surface area contributed by atoms with Crippen molar-refractivity contribution in [2.24, 2.45) is 11.8 Å². The van der Waals surface area contributed by atoms with Crippen LogP contribution in [0, 0.1) is 11.8 Å². The molecule has 0 radical (unpaired) electrons. The molecule has 7 heteroatoms. The number of ether oxygens (including phenoxy) is 5. The van der Waals surface area contributed by atoms with Crippen LogP contribution in [-0.2, 0) is 23.7 Å². The lowest BCUT2D eigenvalue weighted by molar-refractivity contribution is -0.0138. The molecule has 29 heavy (non-hydrogen) atoms. The lowest BCUT2D eigenvalue weighted by Crippen LogP contribution is -2.48. The molecule has 2 fully saturated rings. The molecular formula is C22H44N2O5. The number of piperidine rings is 1. The lowest BCUT2D eigenvalue weighted by Gasteiger charge is -2.43. The van der Waals surface area contributed by atoms with Gasteiger partial charge in [0.2, 0.25) is 0 Å². The molecule has 1 saturated heterocycles. The second-order valence-electron chi connectivity index (χ2n) is 8.36. The van der Waals surface area contributed by atoms with E-state index < -0.39 is 0 Å². The van der Waals surface area contributed by atoms with Crippen LogP contribution in [0.2, 0.25) is 0 Å². The molecule has 1 N–H and O–H groups in total. The predicted molar refractivity (Wildman–Crippen MR) is 115 cm³/mol. The van der Waals surface area contributed by atoms with Crippen molar-refractivity contribution in [2.45, 2.75) is 38.6 Å². The van der Waals surface area contributed by atoms with E-state index in [2.05, 4.69) is 17.1 Å². The topological polar surface area (TPSA) is 61.4 Å². The predicted octanol–water partition coefficient (Wildman–Crippen LogP) is 1.80. The van der Waals surface area contributed by atoms with Crippen molar-refractivity contribution in [3.63, 3.8) is 0 Å². The van der Waals surface area contributed by atoms with E-state index in [1.54, 1.807) is 7.11 Å². The molecule has 0 aromatic heterocycles. The van der Waals surface area contributed by atoms with Crippen molar-refractivity contribution in [2.75, 3.05) is 92.8 Å². The van der Waals surface area contributed by atoms with Gasteiger partial charge >= 0.3 is 0 Å². The zero-order chi connectivity index (χ0) is 20.6. The number of nitrogens with zero attached hydrogens (tertiary/aromatic N) is 1. The molecule has 1 heterocycles. The van der Waals surface area contributed by atoms with E-state index in [1.807, 2.05) is 0 Å². The highest BCUT2D eigenvalue weighted by Crippen LogP contribution is 2.32. The van der Waals surface area contributed by atoms with Crippen molar-refractivity contribution in [3.8, 4) is 0 Å². The van der Waals surface area contributed by atoms with Crippen LogP contribution < -0.4 is 5.32 Å². The molecule has 1 saturated carbocycles. The molecule has 0 bridgehead atoms. The van der Waals surface area contributed by atoms with E-state index in [9.17, 15) is 0 Å². The van der Waals surface area contributed by atoms with Crippen molar-refractivity contribution in [1.29, 1.82) is 0 Å². The van der Waals surface area contributed by atoms with E-state index in [4.69, 9.17) is 23.7 Å². The maximum absolute atomic E-state index is 5.83. The fourth-order valence-electron chi connectivity index (χ4n) is 4.06. The Morgan fingerprint density at radius 3 is 1.79 bits per heavy atom. The summed E-state index contributed by atoms with van der Waals surface area (Å²) in [5.74, 6) is 1.74. The van der Waals surface area contributed by atoms with Gasteiger partial charge in [-0.3, -0.25) is 4.90 Å². The van der Waals surface area contributed by atoms with Crippen LogP contribution in [0.15, 0.2) is 0 Å². The molecule has 2 aliphatic rings. The molecule has 0 amide bonds. The Balaban J connectivity index is 1.41. The van der Waals surface area contributed by atoms with Crippen molar-refractivity contribution in [1.82, 2.24) is 10.2 Å². The largest absolute Gasteiger partial charge is 0.382 e. The van der Waals surface area contributed by atoms with Crippen LogP contribution in [0.1, 0.15) is 32.6 Å². The monoisotopic (exact) mass is 416 g/mol. The highest BCUT2D eigenvalue weighted by Gasteiger charge is 2.31. The Hall–Kier alpha value is -0.280. The maximum atomic E-state index is 5.83. The van der Waals surface area contributed by atoms with Gasteiger partial charge in [0, 0.05) is 26.2 Å². The van der Waals surface area contributed by atoms with E-state index >= 15 is 0 Å². The van der Waals surface area contributed by atoms with Gasteiger partial charge < -0.3 is 29.0 Å². The van der Waals surface area contributed by atoms with Gasteiger partial charge in [0.15, 0.2) is 0 Å². The summed E-state index contributed by atoms with van der Waals surface area (Å²) in [5.41, 5.74) is 0. The number of hydrogen-bond donors (Lipinski definition) is 1. The van der Waals surface area contributed by atoms with Crippen LogP contribution in [0.25, 0.3) is 0 Å². The summed E-state index contributed by atoms with van der Waals surface area (Å²) in [5, 5.41) is 3.47. The van der Waals surface area contributed by atoms with Gasteiger partial charge in [0.1, 0.15) is 0 Å². The summed E-state index contributed by atoms with van der Waals surface area (Å²) in [4.78, 5) is 2.69. The molecule has 0 unspecified atom stereocenters. The van der Waals surface area contributed by atoms with E-state index in [0.717, 1.165) is 31.0 Å². The van der Waals surface area contributed by atoms with Gasteiger partial charge in [-0.25, -0.2) is 0 Å². The molecule has 0 aromatic carbocycles. The summed E-state index contributed by atoms with van der Waals surface area (Å²) in [6, 6.07) is 0.773. The van der Waals surface area contributed by atoms with Crippen LogP contribution >= 0.6 is 0 Å². The quantitative estimate of drug-likeness (QED) is 0.342. The minimum absolute atomic E-state index is 0.594. The van der Waals surface area contributed by atoms with Gasteiger partial charge in [-0.1, -0.05) is 6.92 Å². The summed E-state index contributed by atoms with van der Waals surface area (Å²) < 4.78 is 27.1. The first-order valence-electron chi connectivity index (χ1n) is 11.5. The summed E-state index contributed by atoms with van der Waals surface area (Å²) in [6.45, 7) is 12.7. The second-order valence-corrected chi connectivity index (χ2v) is 8.36. The number of hydrogen-bond acceptors (Lipinski definition) is 7. The third kappa shape index (κ3) is 11.6. The second kappa shape index (κ2) is 16.4. The first-order chi connectivity index (χ1) is 14.3. The molecule has 7 nitrogen and oxygen atoms in total. The van der Waals surface area contributed by atoms with Crippen molar-refractivity contribution in [3.05, 3.63) is 0 Å². The zero-order valence-electron chi connectivity index (χ0n) is 18.7. The average Bonchev–Trinajstić information content (AvgIpc) is 2.71. The normalized spacial score (nSPS) is 22.9. The molecule has 172 valence electrons. The molecule has 1 aliphatic carbocycles. The van der Waals surface area contributed by atoms with Gasteiger partial charge in [0.25, 0.3) is 0 Å². The summed E-state index contributed by atoms with van der Waals surface area (Å²) in [6.07, 6.45) is 5.33. The standard InChI is InChI=1S/C22H44N2O5/c1-20-17-22(18-20)24(19-21-3-5-23-6-4-21)7-8-26-11-12-28-15-16-29-14-13-27-10-9-25-2/h20-23H,3-19H2,1-2H3. The Morgan fingerprint density at radius 2 is 1.28 bits per heavy atom. The van der Waals surface area contributed by atoms with Gasteiger partial charge in [-0.05, 0) is 50.6 Å². The SMILES string of the molecule is COCCOCCOCCOCCOCCN(CC1CCNCC1)C1CC(C)C1. The first-order valence-corrected chi connectivity index (χ1v) is 11.5. The van der Waals surface area contributed by atoms with E-state index in [0.29, 0.717) is 52.9 Å². The molecular weight excluding hydrogens is 372 g/mol. The summed E-state index contributed by atoms with van der Waals surface area (Å²) in [7, 11) is 1.67. The zero-order valence-corrected chi connectivity index (χ0v) is 18.7. The van der Waals surface area contributed by atoms with Gasteiger partial charge in [0.05, 0.1) is 59.5 Å². The highest BCUT2D eigenvalue weighted by atomic mass is 16.6. The number of nitrogens with one attached hydrogen (secondary N) is 1. The van der Waals surface area contributed by atoms with Crippen LogP contribution in [0.4, 0.5) is 0 Å². The average molecular weight is 417 g/mol. The number of methoxy groups -OCH3 is 1. The highest BCUT2D eigenvalue weighted by molar-refractivity contribution is 4.86. The Labute approximate surface area is 177 Å². The lowest BCUT2D eigenvalue weighted by atomic mass is 9.80. The van der Waals surface area contributed by atoms with Gasteiger partial charge in [-0.2, -0.15) is 0 Å². The van der Waals surface area contributed by atoms with Crippen molar-refractivity contribution >= 4 is 0 Å².